The summed E-state index contributed by atoms with van der Waals surface area (Å²) in [6.45, 7) is 0. The number of carbonyl (C=O) groups is 2. The van der Waals surface area contributed by atoms with Gasteiger partial charge < -0.3 is 9.47 Å². The average molecular weight is 256 g/mol. The number of benzene rings is 2. The van der Waals surface area contributed by atoms with Gasteiger partial charge >= 0.3 is 11.9 Å². The molecule has 96 valence electrons. The molecule has 0 saturated heterocycles. The summed E-state index contributed by atoms with van der Waals surface area (Å²) in [6.07, 6.45) is 0. The largest absolute Gasteiger partial charge is 0.496 e. The standard InChI is InChI=1S/C15H12O4/c1-18-13-10-6-5-9-12(13)15(17)19-14(16)11-7-3-2-4-8-11/h2-10H,1H3. The van der Waals surface area contributed by atoms with E-state index < -0.39 is 11.9 Å². The van der Waals surface area contributed by atoms with Gasteiger partial charge in [-0.3, -0.25) is 0 Å². The molecule has 2 aromatic carbocycles. The number of ether oxygens (including phenoxy) is 2. The van der Waals surface area contributed by atoms with E-state index in [1.807, 2.05) is 0 Å². The molecule has 0 N–H and O–H groups in total. The quantitative estimate of drug-likeness (QED) is 0.626. The number of methoxy groups -OCH3 is 1. The minimum absolute atomic E-state index is 0.217. The Balaban J connectivity index is 2.16. The van der Waals surface area contributed by atoms with Gasteiger partial charge in [0.15, 0.2) is 0 Å². The summed E-state index contributed by atoms with van der Waals surface area (Å²) in [6, 6.07) is 14.9. The lowest BCUT2D eigenvalue weighted by Crippen LogP contribution is -2.13. The van der Waals surface area contributed by atoms with Crippen molar-refractivity contribution in [2.24, 2.45) is 0 Å². The van der Waals surface area contributed by atoms with E-state index in [0.717, 1.165) is 0 Å². The van der Waals surface area contributed by atoms with Crippen LogP contribution in [0.5, 0.6) is 5.75 Å². The second-order valence-electron chi connectivity index (χ2n) is 3.74. The van der Waals surface area contributed by atoms with Crippen molar-refractivity contribution in [3.8, 4) is 5.75 Å². The third-order valence-corrected chi connectivity index (χ3v) is 2.52. The Kier molecular flexibility index (Phi) is 3.93. The predicted octanol–water partition coefficient (Wildman–Crippen LogP) is 2.69. The van der Waals surface area contributed by atoms with Crippen LogP contribution in [0.3, 0.4) is 0 Å². The predicted molar refractivity (Wildman–Crippen MR) is 69.2 cm³/mol. The number of esters is 2. The molecule has 0 aromatic heterocycles. The summed E-state index contributed by atoms with van der Waals surface area (Å²) < 4.78 is 9.85. The van der Waals surface area contributed by atoms with Crippen LogP contribution in [0, 0.1) is 0 Å². The lowest BCUT2D eigenvalue weighted by molar-refractivity contribution is 0.0396. The highest BCUT2D eigenvalue weighted by atomic mass is 16.6. The van der Waals surface area contributed by atoms with Crippen molar-refractivity contribution in [2.75, 3.05) is 7.11 Å². The normalized spacial score (nSPS) is 9.74. The number of hydrogen-bond acceptors (Lipinski definition) is 4. The van der Waals surface area contributed by atoms with E-state index in [1.54, 1.807) is 54.6 Å². The summed E-state index contributed by atoms with van der Waals surface area (Å²) in [5.74, 6) is -1.05. The third kappa shape index (κ3) is 2.98. The van der Waals surface area contributed by atoms with Crippen molar-refractivity contribution >= 4 is 11.9 Å². The van der Waals surface area contributed by atoms with E-state index in [1.165, 1.54) is 7.11 Å². The lowest BCUT2D eigenvalue weighted by Gasteiger charge is -2.07. The fourth-order valence-electron chi connectivity index (χ4n) is 1.59. The van der Waals surface area contributed by atoms with Crippen molar-refractivity contribution in [1.82, 2.24) is 0 Å². The van der Waals surface area contributed by atoms with Crippen LogP contribution in [-0.4, -0.2) is 19.0 Å². The zero-order valence-electron chi connectivity index (χ0n) is 10.3. The molecule has 2 aromatic rings. The molecular weight excluding hydrogens is 244 g/mol. The van der Waals surface area contributed by atoms with E-state index >= 15 is 0 Å². The average Bonchev–Trinajstić information content (AvgIpc) is 2.48. The van der Waals surface area contributed by atoms with Crippen LogP contribution in [0.15, 0.2) is 54.6 Å². The molecule has 0 amide bonds. The molecule has 0 saturated carbocycles. The Morgan fingerprint density at radius 3 is 2.16 bits per heavy atom. The first-order valence-corrected chi connectivity index (χ1v) is 5.67. The Morgan fingerprint density at radius 2 is 1.47 bits per heavy atom. The molecule has 4 nitrogen and oxygen atoms in total. The molecule has 0 heterocycles. The smallest absolute Gasteiger partial charge is 0.349 e. The molecule has 0 spiro atoms. The highest BCUT2D eigenvalue weighted by Gasteiger charge is 2.17. The first-order valence-electron chi connectivity index (χ1n) is 5.67. The van der Waals surface area contributed by atoms with Gasteiger partial charge in [0.05, 0.1) is 12.7 Å². The van der Waals surface area contributed by atoms with E-state index in [2.05, 4.69) is 0 Å². The zero-order valence-corrected chi connectivity index (χ0v) is 10.3. The van der Waals surface area contributed by atoms with E-state index in [-0.39, 0.29) is 5.56 Å². The number of hydrogen-bond donors (Lipinski definition) is 0. The molecule has 0 aliphatic heterocycles. The van der Waals surface area contributed by atoms with Crippen LogP contribution in [0.1, 0.15) is 20.7 Å². The SMILES string of the molecule is COc1ccccc1C(=O)OC(=O)c1ccccc1. The van der Waals surface area contributed by atoms with Crippen molar-refractivity contribution in [3.05, 3.63) is 65.7 Å². The van der Waals surface area contributed by atoms with Crippen LogP contribution in [0.4, 0.5) is 0 Å². The topological polar surface area (TPSA) is 52.6 Å². The Bertz CT molecular complexity index is 590. The van der Waals surface area contributed by atoms with Gasteiger partial charge in [0.25, 0.3) is 0 Å². The second kappa shape index (κ2) is 5.82. The molecule has 0 fully saturated rings. The van der Waals surface area contributed by atoms with Gasteiger partial charge in [0, 0.05) is 0 Å². The fraction of sp³-hybridized carbons (Fsp3) is 0.0667. The first-order chi connectivity index (χ1) is 9.22. The minimum atomic E-state index is -0.730. The van der Waals surface area contributed by atoms with Gasteiger partial charge in [-0.2, -0.15) is 0 Å². The highest BCUT2D eigenvalue weighted by Crippen LogP contribution is 2.18. The van der Waals surface area contributed by atoms with Gasteiger partial charge in [-0.25, -0.2) is 9.59 Å². The van der Waals surface area contributed by atoms with Gasteiger partial charge in [0.1, 0.15) is 11.3 Å². The Labute approximate surface area is 110 Å². The van der Waals surface area contributed by atoms with Crippen molar-refractivity contribution in [2.45, 2.75) is 0 Å². The van der Waals surface area contributed by atoms with E-state index in [4.69, 9.17) is 9.47 Å². The summed E-state index contributed by atoms with van der Waals surface area (Å²) in [4.78, 5) is 23.6. The van der Waals surface area contributed by atoms with Crippen LogP contribution in [0.25, 0.3) is 0 Å². The molecular formula is C15H12O4. The number of rotatable bonds is 3. The second-order valence-corrected chi connectivity index (χ2v) is 3.74. The summed E-state index contributed by atoms with van der Waals surface area (Å²) in [5.41, 5.74) is 0.542. The summed E-state index contributed by atoms with van der Waals surface area (Å²) in [5, 5.41) is 0. The maximum absolute atomic E-state index is 11.9. The van der Waals surface area contributed by atoms with Crippen LogP contribution in [0.2, 0.25) is 0 Å². The molecule has 0 unspecified atom stereocenters. The minimum Gasteiger partial charge on any atom is -0.496 e. The zero-order chi connectivity index (χ0) is 13.7. The lowest BCUT2D eigenvalue weighted by atomic mass is 10.2. The van der Waals surface area contributed by atoms with Crippen molar-refractivity contribution < 1.29 is 19.1 Å². The number of carbonyl (C=O) groups excluding carboxylic acids is 2. The molecule has 2 rings (SSSR count). The molecule has 19 heavy (non-hydrogen) atoms. The highest BCUT2D eigenvalue weighted by molar-refractivity contribution is 6.03. The maximum atomic E-state index is 11.9. The van der Waals surface area contributed by atoms with Crippen LogP contribution in [-0.2, 0) is 4.74 Å². The monoisotopic (exact) mass is 256 g/mol. The van der Waals surface area contributed by atoms with Gasteiger partial charge in [0.2, 0.25) is 0 Å². The number of para-hydroxylation sites is 1. The van der Waals surface area contributed by atoms with E-state index in [0.29, 0.717) is 11.3 Å². The molecule has 0 bridgehead atoms. The molecule has 0 aliphatic rings. The first kappa shape index (κ1) is 12.8. The van der Waals surface area contributed by atoms with Crippen LogP contribution < -0.4 is 4.74 Å². The summed E-state index contributed by atoms with van der Waals surface area (Å²) in [7, 11) is 1.45. The van der Waals surface area contributed by atoms with E-state index in [9.17, 15) is 9.59 Å². The Morgan fingerprint density at radius 1 is 0.842 bits per heavy atom. The molecule has 0 atom stereocenters. The van der Waals surface area contributed by atoms with Crippen LogP contribution >= 0.6 is 0 Å². The van der Waals surface area contributed by atoms with Gasteiger partial charge in [-0.15, -0.1) is 0 Å². The van der Waals surface area contributed by atoms with Crippen molar-refractivity contribution in [3.63, 3.8) is 0 Å². The molecule has 0 radical (unpaired) electrons. The molecule has 0 aliphatic carbocycles. The van der Waals surface area contributed by atoms with Gasteiger partial charge in [-0.1, -0.05) is 30.3 Å². The van der Waals surface area contributed by atoms with Gasteiger partial charge in [-0.05, 0) is 24.3 Å². The van der Waals surface area contributed by atoms with Crippen molar-refractivity contribution in [1.29, 1.82) is 0 Å². The fourth-order valence-corrected chi connectivity index (χ4v) is 1.59. The maximum Gasteiger partial charge on any atom is 0.349 e. The third-order valence-electron chi connectivity index (χ3n) is 2.52. The Hall–Kier alpha value is -2.62. The molecule has 4 heteroatoms. The summed E-state index contributed by atoms with van der Waals surface area (Å²) >= 11 is 0.